The van der Waals surface area contributed by atoms with E-state index in [1.807, 2.05) is 31.4 Å². The molecule has 2 saturated carbocycles. The number of amides is 3. The number of rotatable bonds is 15. The summed E-state index contributed by atoms with van der Waals surface area (Å²) in [7, 11) is -2.27. The van der Waals surface area contributed by atoms with E-state index in [0.717, 1.165) is 5.69 Å². The van der Waals surface area contributed by atoms with Crippen LogP contribution in [0.5, 0.6) is 11.5 Å². The van der Waals surface area contributed by atoms with Crippen LogP contribution in [-0.2, 0) is 29.1 Å². The molecule has 1 aromatic carbocycles. The molecule has 3 aromatic rings. The summed E-state index contributed by atoms with van der Waals surface area (Å²) < 4.78 is 45.6. The number of methoxy groups -OCH3 is 1. The average molecular weight is 814 g/mol. The van der Waals surface area contributed by atoms with E-state index in [2.05, 4.69) is 30.5 Å². The molecule has 0 radical (unpaired) electrons. The van der Waals surface area contributed by atoms with E-state index in [1.54, 1.807) is 24.2 Å². The summed E-state index contributed by atoms with van der Waals surface area (Å²) in [5, 5.41) is 5.88. The van der Waals surface area contributed by atoms with E-state index in [9.17, 15) is 22.8 Å². The highest BCUT2D eigenvalue weighted by molar-refractivity contribution is 7.91. The summed E-state index contributed by atoms with van der Waals surface area (Å²) in [6, 6.07) is 3.99. The van der Waals surface area contributed by atoms with Crippen LogP contribution in [0, 0.1) is 17.8 Å². The van der Waals surface area contributed by atoms with Crippen LogP contribution in [0.4, 0.5) is 0 Å². The lowest BCUT2D eigenvalue weighted by Gasteiger charge is -2.40. The van der Waals surface area contributed by atoms with E-state index >= 15 is 0 Å². The molecule has 4 fully saturated rings. The van der Waals surface area contributed by atoms with Crippen LogP contribution in [0.15, 0.2) is 36.2 Å². The lowest BCUT2D eigenvalue weighted by atomic mass is 9.84. The van der Waals surface area contributed by atoms with Crippen LogP contribution in [0.2, 0.25) is 5.02 Å². The summed E-state index contributed by atoms with van der Waals surface area (Å²) >= 11 is 8.42. The fraction of sp³-hybridized carbons (Fsp3) is 0.564. The van der Waals surface area contributed by atoms with E-state index in [0.29, 0.717) is 70.4 Å². The largest absolute Gasteiger partial charge is 0.490 e. The van der Waals surface area contributed by atoms with E-state index < -0.39 is 56.7 Å². The van der Waals surface area contributed by atoms with Crippen molar-refractivity contribution in [2.24, 2.45) is 17.8 Å². The number of aromatic nitrogens is 2. The van der Waals surface area contributed by atoms with Gasteiger partial charge in [-0.1, -0.05) is 45.4 Å². The number of carbonyl (C=O) groups is 3. The maximum absolute atomic E-state index is 14.4. The van der Waals surface area contributed by atoms with Gasteiger partial charge in [0.05, 0.1) is 29.1 Å². The quantitative estimate of drug-likeness (QED) is 0.146. The van der Waals surface area contributed by atoms with Gasteiger partial charge in [-0.05, 0) is 56.1 Å². The maximum atomic E-state index is 14.4. The molecule has 13 nitrogen and oxygen atoms in total. The number of nitrogens with one attached hydrogen (secondary N) is 2. The predicted octanol–water partition coefficient (Wildman–Crippen LogP) is 5.61. The minimum absolute atomic E-state index is 0.0404. The van der Waals surface area contributed by atoms with Crippen molar-refractivity contribution >= 4 is 61.6 Å². The molecule has 296 valence electrons. The van der Waals surface area contributed by atoms with Crippen molar-refractivity contribution in [3.8, 4) is 22.2 Å². The number of sulfonamides is 1. The van der Waals surface area contributed by atoms with E-state index in [4.69, 9.17) is 35.8 Å². The predicted molar refractivity (Wildman–Crippen MR) is 210 cm³/mol. The van der Waals surface area contributed by atoms with Crippen LogP contribution >= 0.6 is 22.9 Å². The highest BCUT2D eigenvalue weighted by Gasteiger charge is 2.62. The average Bonchev–Trinajstić information content (AvgIpc) is 4.03. The van der Waals surface area contributed by atoms with Crippen molar-refractivity contribution in [1.82, 2.24) is 24.9 Å². The van der Waals surface area contributed by atoms with Gasteiger partial charge >= 0.3 is 0 Å². The van der Waals surface area contributed by atoms with Crippen molar-refractivity contribution in [2.75, 3.05) is 20.3 Å². The number of hydrogen-bond donors (Lipinski definition) is 2. The number of pyridine rings is 1. The van der Waals surface area contributed by atoms with Crippen LogP contribution in [0.25, 0.3) is 21.6 Å². The fourth-order valence-corrected chi connectivity index (χ4v) is 10.4. The second kappa shape index (κ2) is 15.3. The standard InChI is InChI=1S/C39H48ClN5O8S2/c1-7-22-18-39(22,38(48)44-55(49,50)23-8-9-23)43-35(46)29-17-32(28-12-10-24(20(2)3)37(47)45(28)29)53-31-16-26(36-42-27(19-54-36)21(4)5)41-34-25(31)11-13-30(33(34)40)52-15-14-51-6/h7,11,13,16,19-24,28-29,32H,1,8-10,12,14-15,17-18H2,2-6H3,(H,43,46)(H,44,48)/t22-,24-,28-,29+,32-,39-/m1/s1. The Hall–Kier alpha value is -3.79. The van der Waals surface area contributed by atoms with E-state index in [-0.39, 0.29) is 43.1 Å². The van der Waals surface area contributed by atoms with Crippen molar-refractivity contribution < 1.29 is 37.0 Å². The van der Waals surface area contributed by atoms with Crippen molar-refractivity contribution in [2.45, 2.75) is 101 Å². The van der Waals surface area contributed by atoms with Crippen molar-refractivity contribution in [3.63, 3.8) is 0 Å². The van der Waals surface area contributed by atoms with Gasteiger partial charge in [0.2, 0.25) is 21.8 Å². The number of fused-ring (bicyclic) bond motifs is 2. The molecule has 2 N–H and O–H groups in total. The zero-order chi connectivity index (χ0) is 39.4. The molecule has 0 spiro atoms. The van der Waals surface area contributed by atoms with Gasteiger partial charge < -0.3 is 24.4 Å². The molecule has 2 saturated heterocycles. The molecule has 3 amide bonds. The first kappa shape index (κ1) is 39.4. The molecule has 2 aromatic heterocycles. The SMILES string of the molecule is C=C[C@@H]1C[C@]1(NC(=O)[C@@H]1C[C@@H](Oc2cc(-c3nc(C(C)C)cs3)nc3c(Cl)c(OCCOC)ccc23)[C@H]2CC[C@H](C(C)C)C(=O)N21)C(=O)NS(=O)(=O)C1CC1. The number of hydrogen-bond acceptors (Lipinski definition) is 11. The summed E-state index contributed by atoms with van der Waals surface area (Å²) in [6.45, 7) is 12.6. The Balaban J connectivity index is 1.23. The van der Waals surface area contributed by atoms with Gasteiger partial charge in [0.1, 0.15) is 51.5 Å². The molecule has 0 unspecified atom stereocenters. The highest BCUT2D eigenvalue weighted by Crippen LogP contribution is 2.47. The van der Waals surface area contributed by atoms with Gasteiger partial charge in [-0.3, -0.25) is 19.1 Å². The lowest BCUT2D eigenvalue weighted by molar-refractivity contribution is -0.149. The lowest BCUT2D eigenvalue weighted by Crippen LogP contribution is -2.59. The van der Waals surface area contributed by atoms with Gasteiger partial charge in [0, 0.05) is 42.2 Å². The van der Waals surface area contributed by atoms with Crippen molar-refractivity contribution in [1.29, 1.82) is 0 Å². The molecule has 6 atom stereocenters. The topological polar surface area (TPSA) is 166 Å². The van der Waals surface area contributed by atoms with Crippen molar-refractivity contribution in [3.05, 3.63) is 47.0 Å². The second-order valence-corrected chi connectivity index (χ2v) is 18.9. The first-order valence-corrected chi connectivity index (χ1v) is 21.7. The molecule has 4 heterocycles. The van der Waals surface area contributed by atoms with E-state index in [1.165, 1.54) is 11.3 Å². The van der Waals surface area contributed by atoms with Gasteiger partial charge in [-0.2, -0.15) is 0 Å². The minimum atomic E-state index is -3.86. The Bertz CT molecular complexity index is 2120. The molecule has 2 aliphatic heterocycles. The third kappa shape index (κ3) is 7.56. The normalized spacial score (nSPS) is 26.3. The third-order valence-corrected chi connectivity index (χ3v) is 14.3. The van der Waals surface area contributed by atoms with Gasteiger partial charge in [0.25, 0.3) is 5.91 Å². The number of ether oxygens (including phenoxy) is 3. The van der Waals surface area contributed by atoms with Gasteiger partial charge in [-0.15, -0.1) is 17.9 Å². The Labute approximate surface area is 330 Å². The molecule has 4 aliphatic rings. The Morgan fingerprint density at radius 3 is 2.53 bits per heavy atom. The van der Waals surface area contributed by atoms with Crippen LogP contribution in [-0.4, -0.2) is 90.3 Å². The third-order valence-electron chi connectivity index (χ3n) is 11.3. The zero-order valence-corrected chi connectivity index (χ0v) is 34.1. The molecule has 55 heavy (non-hydrogen) atoms. The molecule has 16 heteroatoms. The molecule has 7 rings (SSSR count). The summed E-state index contributed by atoms with van der Waals surface area (Å²) in [4.78, 5) is 53.5. The Kier molecular flexibility index (Phi) is 11.0. The molecule has 0 bridgehead atoms. The zero-order valence-electron chi connectivity index (χ0n) is 31.7. The monoisotopic (exact) mass is 813 g/mol. The van der Waals surface area contributed by atoms with Crippen LogP contribution in [0.1, 0.15) is 77.8 Å². The fourth-order valence-electron chi connectivity index (χ4n) is 7.80. The summed E-state index contributed by atoms with van der Waals surface area (Å²) in [5.74, 6) is -1.08. The second-order valence-electron chi connectivity index (χ2n) is 15.7. The number of benzene rings is 1. The number of halogens is 1. The summed E-state index contributed by atoms with van der Waals surface area (Å²) in [5.41, 5.74) is 0.452. The Morgan fingerprint density at radius 2 is 1.89 bits per heavy atom. The Morgan fingerprint density at radius 1 is 1.13 bits per heavy atom. The molecular weight excluding hydrogens is 766 g/mol. The number of thiazole rings is 1. The summed E-state index contributed by atoms with van der Waals surface area (Å²) in [6.07, 6.45) is 3.48. The highest BCUT2D eigenvalue weighted by atomic mass is 35.5. The maximum Gasteiger partial charge on any atom is 0.259 e. The molecular formula is C39H48ClN5O8S2. The van der Waals surface area contributed by atoms with Crippen LogP contribution < -0.4 is 19.5 Å². The minimum Gasteiger partial charge on any atom is -0.490 e. The van der Waals surface area contributed by atoms with Gasteiger partial charge in [0.15, 0.2) is 0 Å². The first-order chi connectivity index (χ1) is 26.2. The first-order valence-electron chi connectivity index (χ1n) is 18.9. The number of piperidine rings is 1. The smallest absolute Gasteiger partial charge is 0.259 e. The van der Waals surface area contributed by atoms with Gasteiger partial charge in [-0.25, -0.2) is 18.4 Å². The number of nitrogens with zero attached hydrogens (tertiary/aromatic N) is 3. The molecule has 2 aliphatic carbocycles. The van der Waals surface area contributed by atoms with Crippen LogP contribution in [0.3, 0.4) is 0 Å². The number of carbonyl (C=O) groups excluding carboxylic acids is 3.